The maximum absolute atomic E-state index is 13.0. The standard InChI is InChI=1S/C16H23F3O3/c1-2-3-4-10(16(17,18)19)5-7-13(20)11-6-8-14-12(11)9-15(21)22-14/h7,10-12,14,20H,2-6,8-9H2,1H3/t10?,11-,12+,14+/m0/s1. The van der Waals surface area contributed by atoms with Crippen LogP contribution in [0, 0.1) is 17.8 Å². The Morgan fingerprint density at radius 1 is 1.45 bits per heavy atom. The zero-order valence-corrected chi connectivity index (χ0v) is 12.7. The third-order valence-electron chi connectivity index (χ3n) is 4.80. The van der Waals surface area contributed by atoms with E-state index in [1.54, 1.807) is 0 Å². The summed E-state index contributed by atoms with van der Waals surface area (Å²) < 4.78 is 44.0. The highest BCUT2D eigenvalue weighted by molar-refractivity contribution is 5.72. The number of alkyl halides is 3. The van der Waals surface area contributed by atoms with Crippen molar-refractivity contribution in [2.75, 3.05) is 0 Å². The summed E-state index contributed by atoms with van der Waals surface area (Å²) >= 11 is 0. The Kier molecular flexibility index (Phi) is 5.40. The van der Waals surface area contributed by atoms with Crippen LogP contribution in [0.3, 0.4) is 0 Å². The number of carbonyl (C=O) groups is 1. The van der Waals surface area contributed by atoms with Gasteiger partial charge in [-0.15, -0.1) is 0 Å². The molecule has 2 fully saturated rings. The third-order valence-corrected chi connectivity index (χ3v) is 4.80. The number of aliphatic hydroxyl groups excluding tert-OH is 1. The number of carbonyl (C=O) groups excluding carboxylic acids is 1. The second-order valence-electron chi connectivity index (χ2n) is 6.33. The van der Waals surface area contributed by atoms with Crippen molar-refractivity contribution in [2.45, 2.75) is 64.1 Å². The van der Waals surface area contributed by atoms with E-state index in [1.165, 1.54) is 6.08 Å². The van der Waals surface area contributed by atoms with Gasteiger partial charge >= 0.3 is 12.1 Å². The number of unbranched alkanes of at least 4 members (excludes halogenated alkanes) is 1. The fourth-order valence-corrected chi connectivity index (χ4v) is 3.51. The summed E-state index contributed by atoms with van der Waals surface area (Å²) in [5.74, 6) is -2.01. The molecule has 0 aromatic rings. The average Bonchev–Trinajstić information content (AvgIpc) is 2.95. The number of esters is 1. The van der Waals surface area contributed by atoms with Crippen LogP contribution in [0.25, 0.3) is 0 Å². The molecule has 0 aromatic carbocycles. The van der Waals surface area contributed by atoms with E-state index in [9.17, 15) is 23.1 Å². The van der Waals surface area contributed by atoms with Gasteiger partial charge in [-0.1, -0.05) is 19.8 Å². The van der Waals surface area contributed by atoms with Gasteiger partial charge in [0.15, 0.2) is 0 Å². The second-order valence-corrected chi connectivity index (χ2v) is 6.33. The lowest BCUT2D eigenvalue weighted by atomic mass is 9.89. The Morgan fingerprint density at radius 3 is 2.82 bits per heavy atom. The molecule has 0 aromatic heterocycles. The molecule has 1 unspecified atom stereocenters. The number of fused-ring (bicyclic) bond motifs is 1. The molecule has 2 aliphatic rings. The van der Waals surface area contributed by atoms with Crippen molar-refractivity contribution in [3.05, 3.63) is 11.8 Å². The molecule has 1 heterocycles. The van der Waals surface area contributed by atoms with Gasteiger partial charge in [-0.2, -0.15) is 13.2 Å². The molecule has 1 saturated heterocycles. The van der Waals surface area contributed by atoms with Gasteiger partial charge in [-0.3, -0.25) is 4.79 Å². The SMILES string of the molecule is CCCCC(CC=C(O)[C@H]1CC[C@H]2OC(=O)C[C@H]12)C(F)(F)F. The summed E-state index contributed by atoms with van der Waals surface area (Å²) in [6, 6.07) is 0. The third kappa shape index (κ3) is 3.96. The van der Waals surface area contributed by atoms with Crippen molar-refractivity contribution in [3.8, 4) is 0 Å². The fourth-order valence-electron chi connectivity index (χ4n) is 3.51. The van der Waals surface area contributed by atoms with Gasteiger partial charge in [0.25, 0.3) is 0 Å². The van der Waals surface area contributed by atoms with Crippen LogP contribution < -0.4 is 0 Å². The maximum atomic E-state index is 13.0. The van der Waals surface area contributed by atoms with E-state index in [4.69, 9.17) is 4.74 Å². The zero-order chi connectivity index (χ0) is 16.3. The van der Waals surface area contributed by atoms with Gasteiger partial charge in [0.05, 0.1) is 18.1 Å². The number of halogens is 3. The Balaban J connectivity index is 1.97. The van der Waals surface area contributed by atoms with Crippen LogP contribution in [0.15, 0.2) is 11.8 Å². The van der Waals surface area contributed by atoms with E-state index in [2.05, 4.69) is 0 Å². The van der Waals surface area contributed by atoms with Crippen molar-refractivity contribution in [3.63, 3.8) is 0 Å². The van der Waals surface area contributed by atoms with Crippen LogP contribution in [-0.2, 0) is 9.53 Å². The first-order valence-corrected chi connectivity index (χ1v) is 7.98. The molecular weight excluding hydrogens is 297 g/mol. The number of rotatable bonds is 6. The Bertz CT molecular complexity index is 431. The first-order valence-electron chi connectivity index (χ1n) is 7.98. The summed E-state index contributed by atoms with van der Waals surface area (Å²) in [7, 11) is 0. The summed E-state index contributed by atoms with van der Waals surface area (Å²) in [4.78, 5) is 11.3. The summed E-state index contributed by atoms with van der Waals surface area (Å²) in [5, 5.41) is 10.1. The highest BCUT2D eigenvalue weighted by Crippen LogP contribution is 2.44. The van der Waals surface area contributed by atoms with E-state index >= 15 is 0 Å². The topological polar surface area (TPSA) is 46.5 Å². The quantitative estimate of drug-likeness (QED) is 0.578. The van der Waals surface area contributed by atoms with Gasteiger partial charge < -0.3 is 9.84 Å². The molecule has 1 aliphatic carbocycles. The normalized spacial score (nSPS) is 30.3. The van der Waals surface area contributed by atoms with Crippen molar-refractivity contribution >= 4 is 5.97 Å². The molecule has 1 aliphatic heterocycles. The zero-order valence-electron chi connectivity index (χ0n) is 12.7. The lowest BCUT2D eigenvalue weighted by molar-refractivity contribution is -0.175. The molecular formula is C16H23F3O3. The number of hydrogen-bond donors (Lipinski definition) is 1. The monoisotopic (exact) mass is 320 g/mol. The average molecular weight is 320 g/mol. The molecule has 6 heteroatoms. The molecule has 2 rings (SSSR count). The number of hydrogen-bond acceptors (Lipinski definition) is 3. The van der Waals surface area contributed by atoms with E-state index < -0.39 is 12.1 Å². The van der Waals surface area contributed by atoms with Crippen molar-refractivity contribution in [1.29, 1.82) is 0 Å². The first-order chi connectivity index (χ1) is 10.3. The summed E-state index contributed by atoms with van der Waals surface area (Å²) in [6.07, 6.45) is -0.379. The molecule has 0 amide bonds. The van der Waals surface area contributed by atoms with E-state index in [0.717, 1.165) is 0 Å². The molecule has 22 heavy (non-hydrogen) atoms. The lowest BCUT2D eigenvalue weighted by Gasteiger charge is -2.20. The molecule has 1 N–H and O–H groups in total. The van der Waals surface area contributed by atoms with Gasteiger partial charge in [0.1, 0.15) is 6.10 Å². The molecule has 3 nitrogen and oxygen atoms in total. The van der Waals surface area contributed by atoms with E-state index in [0.29, 0.717) is 25.7 Å². The molecule has 0 spiro atoms. The lowest BCUT2D eigenvalue weighted by Crippen LogP contribution is -2.23. The summed E-state index contributed by atoms with van der Waals surface area (Å²) in [5.41, 5.74) is 0. The highest BCUT2D eigenvalue weighted by Gasteiger charge is 2.46. The second kappa shape index (κ2) is 6.92. The van der Waals surface area contributed by atoms with Crippen molar-refractivity contribution in [1.82, 2.24) is 0 Å². The van der Waals surface area contributed by atoms with Crippen molar-refractivity contribution in [2.24, 2.45) is 17.8 Å². The minimum Gasteiger partial charge on any atom is -0.512 e. The Morgan fingerprint density at radius 2 is 2.18 bits per heavy atom. The molecule has 0 bridgehead atoms. The molecule has 1 saturated carbocycles. The van der Waals surface area contributed by atoms with E-state index in [1.807, 2.05) is 6.92 Å². The first kappa shape index (κ1) is 17.2. The van der Waals surface area contributed by atoms with Crippen LogP contribution in [0.5, 0.6) is 0 Å². The van der Waals surface area contributed by atoms with Crippen LogP contribution in [0.1, 0.15) is 51.9 Å². The van der Waals surface area contributed by atoms with Crippen LogP contribution in [0.4, 0.5) is 13.2 Å². The van der Waals surface area contributed by atoms with Gasteiger partial charge in [0.2, 0.25) is 0 Å². The van der Waals surface area contributed by atoms with Gasteiger partial charge in [-0.05, 0) is 31.8 Å². The number of allylic oxidation sites excluding steroid dienone is 2. The summed E-state index contributed by atoms with van der Waals surface area (Å²) in [6.45, 7) is 1.86. The minimum absolute atomic E-state index is 0.00320. The highest BCUT2D eigenvalue weighted by atomic mass is 19.4. The predicted octanol–water partition coefficient (Wildman–Crippen LogP) is 4.53. The largest absolute Gasteiger partial charge is 0.512 e. The molecule has 0 radical (unpaired) electrons. The van der Waals surface area contributed by atoms with Crippen LogP contribution in [0.2, 0.25) is 0 Å². The van der Waals surface area contributed by atoms with Gasteiger partial charge in [0, 0.05) is 11.8 Å². The Labute approximate surface area is 128 Å². The molecule has 4 atom stereocenters. The smallest absolute Gasteiger partial charge is 0.392 e. The van der Waals surface area contributed by atoms with Gasteiger partial charge in [-0.25, -0.2) is 0 Å². The predicted molar refractivity (Wildman–Crippen MR) is 75.1 cm³/mol. The Hall–Kier alpha value is -1.20. The minimum atomic E-state index is -4.24. The van der Waals surface area contributed by atoms with E-state index in [-0.39, 0.29) is 48.9 Å². The number of aliphatic hydroxyl groups is 1. The van der Waals surface area contributed by atoms with Crippen LogP contribution >= 0.6 is 0 Å². The maximum Gasteiger partial charge on any atom is 0.392 e. The number of ether oxygens (including phenoxy) is 1. The fraction of sp³-hybridized carbons (Fsp3) is 0.812. The van der Waals surface area contributed by atoms with Crippen molar-refractivity contribution < 1.29 is 27.8 Å². The van der Waals surface area contributed by atoms with Crippen LogP contribution in [-0.4, -0.2) is 23.4 Å². The molecule has 126 valence electrons.